The van der Waals surface area contributed by atoms with Crippen molar-refractivity contribution in [3.05, 3.63) is 28.8 Å². The molecule has 0 aliphatic rings. The van der Waals surface area contributed by atoms with Crippen LogP contribution in [0.2, 0.25) is 5.02 Å². The number of alkyl halides is 3. The van der Waals surface area contributed by atoms with E-state index in [1.807, 2.05) is 0 Å². The standard InChI is InChI=1S/C9H4ClF3N2OS/c10-6-4(7-14-15-8(17)16-7)2-1-3-5(6)9(11,12)13/h1-3H,(H,15,17). The van der Waals surface area contributed by atoms with Crippen molar-refractivity contribution in [2.45, 2.75) is 11.4 Å². The molecule has 0 aliphatic heterocycles. The fourth-order valence-electron chi connectivity index (χ4n) is 1.24. The summed E-state index contributed by atoms with van der Waals surface area (Å²) in [6.07, 6.45) is -4.53. The number of nitrogens with zero attached hydrogens (tertiary/aromatic N) is 2. The molecule has 90 valence electrons. The third kappa shape index (κ3) is 2.39. The normalized spacial score (nSPS) is 11.8. The molecule has 0 saturated carbocycles. The number of hydrogen-bond donors (Lipinski definition) is 1. The first-order valence-corrected chi connectivity index (χ1v) is 5.10. The lowest BCUT2D eigenvalue weighted by Crippen LogP contribution is -2.06. The fourth-order valence-corrected chi connectivity index (χ4v) is 1.69. The van der Waals surface area contributed by atoms with Crippen LogP contribution in [0.4, 0.5) is 13.2 Å². The van der Waals surface area contributed by atoms with Crippen molar-refractivity contribution in [2.24, 2.45) is 0 Å². The Morgan fingerprint density at radius 1 is 1.24 bits per heavy atom. The van der Waals surface area contributed by atoms with Gasteiger partial charge < -0.3 is 4.42 Å². The quantitative estimate of drug-likeness (QED) is 0.810. The molecule has 2 rings (SSSR count). The summed E-state index contributed by atoms with van der Waals surface area (Å²) in [5.41, 5.74) is -0.926. The number of thiol groups is 1. The van der Waals surface area contributed by atoms with Crippen molar-refractivity contribution < 1.29 is 17.6 Å². The maximum absolute atomic E-state index is 12.6. The number of hydrogen-bond acceptors (Lipinski definition) is 4. The second-order valence-corrected chi connectivity index (χ2v) is 3.82. The van der Waals surface area contributed by atoms with E-state index in [1.165, 1.54) is 12.1 Å². The molecule has 0 amide bonds. The van der Waals surface area contributed by atoms with Crippen LogP contribution in [0.15, 0.2) is 27.8 Å². The van der Waals surface area contributed by atoms with Crippen molar-refractivity contribution in [1.82, 2.24) is 10.2 Å². The van der Waals surface area contributed by atoms with Gasteiger partial charge in [0.25, 0.3) is 5.22 Å². The number of benzene rings is 1. The zero-order chi connectivity index (χ0) is 12.6. The molecular weight excluding hydrogens is 277 g/mol. The lowest BCUT2D eigenvalue weighted by molar-refractivity contribution is -0.137. The molecule has 3 nitrogen and oxygen atoms in total. The molecule has 0 saturated heterocycles. The summed E-state index contributed by atoms with van der Waals surface area (Å²) in [7, 11) is 0. The molecule has 0 unspecified atom stereocenters. The predicted octanol–water partition coefficient (Wildman–Crippen LogP) is 3.70. The van der Waals surface area contributed by atoms with Gasteiger partial charge in [-0.15, -0.1) is 10.2 Å². The average molecular weight is 281 g/mol. The summed E-state index contributed by atoms with van der Waals surface area (Å²) in [5, 5.41) is 6.44. The lowest BCUT2D eigenvalue weighted by Gasteiger charge is -2.10. The largest absolute Gasteiger partial charge is 0.417 e. The molecule has 17 heavy (non-hydrogen) atoms. The molecule has 0 aliphatic carbocycles. The van der Waals surface area contributed by atoms with E-state index in [1.54, 1.807) is 0 Å². The molecule has 0 fully saturated rings. The fraction of sp³-hybridized carbons (Fsp3) is 0.111. The zero-order valence-electron chi connectivity index (χ0n) is 7.99. The minimum absolute atomic E-state index is 0.0225. The summed E-state index contributed by atoms with van der Waals surface area (Å²) in [5.74, 6) is -0.105. The van der Waals surface area contributed by atoms with E-state index in [-0.39, 0.29) is 16.7 Å². The van der Waals surface area contributed by atoms with E-state index >= 15 is 0 Å². The second-order valence-electron chi connectivity index (χ2n) is 3.05. The summed E-state index contributed by atoms with van der Waals surface area (Å²) in [6.45, 7) is 0. The zero-order valence-corrected chi connectivity index (χ0v) is 9.64. The van der Waals surface area contributed by atoms with Gasteiger partial charge in [0.15, 0.2) is 0 Å². The molecule has 0 bridgehead atoms. The summed E-state index contributed by atoms with van der Waals surface area (Å²) >= 11 is 9.43. The van der Waals surface area contributed by atoms with Gasteiger partial charge in [-0.3, -0.25) is 0 Å². The first-order chi connectivity index (χ1) is 7.89. The monoisotopic (exact) mass is 280 g/mol. The Morgan fingerprint density at radius 2 is 1.94 bits per heavy atom. The van der Waals surface area contributed by atoms with Crippen LogP contribution in [-0.2, 0) is 6.18 Å². The van der Waals surface area contributed by atoms with Crippen LogP contribution < -0.4 is 0 Å². The summed E-state index contributed by atoms with van der Waals surface area (Å²) < 4.78 is 42.7. The minimum atomic E-state index is -4.53. The van der Waals surface area contributed by atoms with Gasteiger partial charge in [0.2, 0.25) is 5.89 Å². The molecule has 0 spiro atoms. The van der Waals surface area contributed by atoms with E-state index in [0.29, 0.717) is 0 Å². The van der Waals surface area contributed by atoms with Crippen molar-refractivity contribution in [3.8, 4) is 11.5 Å². The highest BCUT2D eigenvalue weighted by molar-refractivity contribution is 7.80. The van der Waals surface area contributed by atoms with Gasteiger partial charge >= 0.3 is 6.18 Å². The molecule has 1 heterocycles. The van der Waals surface area contributed by atoms with E-state index in [2.05, 4.69) is 22.8 Å². The molecule has 1 aromatic heterocycles. The van der Waals surface area contributed by atoms with E-state index in [9.17, 15) is 13.2 Å². The van der Waals surface area contributed by atoms with Gasteiger partial charge in [0.05, 0.1) is 16.1 Å². The van der Waals surface area contributed by atoms with Gasteiger partial charge in [-0.1, -0.05) is 30.3 Å². The van der Waals surface area contributed by atoms with Crippen LogP contribution in [0.5, 0.6) is 0 Å². The Labute approximate surface area is 104 Å². The Balaban J connectivity index is 2.57. The van der Waals surface area contributed by atoms with Crippen molar-refractivity contribution >= 4 is 24.2 Å². The SMILES string of the molecule is FC(F)(F)c1cccc(-c2nnc(S)o2)c1Cl. The molecule has 0 atom stereocenters. The average Bonchev–Trinajstić information content (AvgIpc) is 2.63. The lowest BCUT2D eigenvalue weighted by atomic mass is 10.1. The van der Waals surface area contributed by atoms with Crippen molar-refractivity contribution in [3.63, 3.8) is 0 Å². The highest BCUT2D eigenvalue weighted by Crippen LogP contribution is 2.39. The molecule has 0 N–H and O–H groups in total. The van der Waals surface area contributed by atoms with Crippen LogP contribution >= 0.6 is 24.2 Å². The third-order valence-corrected chi connectivity index (χ3v) is 2.54. The predicted molar refractivity (Wildman–Crippen MR) is 57.0 cm³/mol. The van der Waals surface area contributed by atoms with Gasteiger partial charge in [-0.2, -0.15) is 13.2 Å². The molecule has 1 aromatic carbocycles. The van der Waals surface area contributed by atoms with Gasteiger partial charge in [0.1, 0.15) is 0 Å². The van der Waals surface area contributed by atoms with Crippen LogP contribution in [0.1, 0.15) is 5.56 Å². The molecule has 8 heteroatoms. The van der Waals surface area contributed by atoms with Gasteiger partial charge in [0, 0.05) is 0 Å². The summed E-state index contributed by atoms with van der Waals surface area (Å²) in [6, 6.07) is 3.45. The van der Waals surface area contributed by atoms with Crippen LogP contribution in [0.3, 0.4) is 0 Å². The van der Waals surface area contributed by atoms with Crippen molar-refractivity contribution in [2.75, 3.05) is 0 Å². The minimum Gasteiger partial charge on any atom is -0.411 e. The van der Waals surface area contributed by atoms with Crippen LogP contribution in [-0.4, -0.2) is 10.2 Å². The van der Waals surface area contributed by atoms with E-state index in [0.717, 1.165) is 6.07 Å². The first-order valence-electron chi connectivity index (χ1n) is 4.28. The van der Waals surface area contributed by atoms with Crippen LogP contribution in [0.25, 0.3) is 11.5 Å². The van der Waals surface area contributed by atoms with E-state index in [4.69, 9.17) is 16.0 Å². The van der Waals surface area contributed by atoms with Crippen molar-refractivity contribution in [1.29, 1.82) is 0 Å². The van der Waals surface area contributed by atoms with Gasteiger partial charge in [-0.25, -0.2) is 0 Å². The highest BCUT2D eigenvalue weighted by atomic mass is 35.5. The Hall–Kier alpha value is -1.21. The Bertz CT molecular complexity index is 555. The third-order valence-electron chi connectivity index (χ3n) is 1.95. The Kier molecular flexibility index (Phi) is 3.05. The molecule has 0 radical (unpaired) electrons. The van der Waals surface area contributed by atoms with Crippen LogP contribution in [0, 0.1) is 0 Å². The molecule has 2 aromatic rings. The maximum atomic E-state index is 12.6. The number of halogens is 4. The first kappa shape index (κ1) is 12.3. The molecular formula is C9H4ClF3N2OS. The number of rotatable bonds is 1. The smallest absolute Gasteiger partial charge is 0.411 e. The second kappa shape index (κ2) is 4.23. The van der Waals surface area contributed by atoms with Gasteiger partial charge in [-0.05, 0) is 12.1 Å². The number of aromatic nitrogens is 2. The Morgan fingerprint density at radius 3 is 2.47 bits per heavy atom. The highest BCUT2D eigenvalue weighted by Gasteiger charge is 2.34. The van der Waals surface area contributed by atoms with E-state index < -0.39 is 16.8 Å². The maximum Gasteiger partial charge on any atom is 0.417 e. The topological polar surface area (TPSA) is 38.9 Å². The summed E-state index contributed by atoms with van der Waals surface area (Å²) in [4.78, 5) is 0.